The lowest BCUT2D eigenvalue weighted by Gasteiger charge is -2.33. The molecule has 2 rings (SSSR count). The van der Waals surface area contributed by atoms with Crippen molar-refractivity contribution >= 4 is 17.5 Å². The van der Waals surface area contributed by atoms with E-state index in [0.717, 1.165) is 6.33 Å². The van der Waals surface area contributed by atoms with Gasteiger partial charge in [-0.2, -0.15) is 4.98 Å². The lowest BCUT2D eigenvalue weighted by Crippen LogP contribution is -2.55. The maximum absolute atomic E-state index is 11.2. The smallest absolute Gasteiger partial charge is 0.372 e. The molecule has 1 atom stereocenters. The summed E-state index contributed by atoms with van der Waals surface area (Å²) in [6, 6.07) is -0.929. The molecule has 0 aliphatic carbocycles. The van der Waals surface area contributed by atoms with Crippen molar-refractivity contribution in [2.24, 2.45) is 0 Å². The highest BCUT2D eigenvalue weighted by molar-refractivity contribution is 5.80. The second kappa shape index (κ2) is 5.65. The Bertz CT molecular complexity index is 537. The predicted octanol–water partition coefficient (Wildman–Crippen LogP) is -0.744. The summed E-state index contributed by atoms with van der Waals surface area (Å²) in [5, 5.41) is 23.3. The van der Waals surface area contributed by atoms with Gasteiger partial charge in [0, 0.05) is 19.6 Å². The van der Waals surface area contributed by atoms with Gasteiger partial charge in [0.1, 0.15) is 12.4 Å². The minimum absolute atomic E-state index is 0.0456. The Hall–Kier alpha value is -2.49. The van der Waals surface area contributed by atoms with Crippen molar-refractivity contribution < 1.29 is 19.6 Å². The van der Waals surface area contributed by atoms with E-state index in [2.05, 4.69) is 15.3 Å². The van der Waals surface area contributed by atoms with Gasteiger partial charge in [-0.3, -0.25) is 10.1 Å². The normalized spacial score (nSPS) is 18.6. The average molecular weight is 283 g/mol. The van der Waals surface area contributed by atoms with Crippen LogP contribution < -0.4 is 15.0 Å². The first-order chi connectivity index (χ1) is 9.56. The van der Waals surface area contributed by atoms with E-state index in [1.54, 1.807) is 0 Å². The highest BCUT2D eigenvalue weighted by Gasteiger charge is 2.36. The SMILES string of the molecule is COc1ncnc(N2CCNCC2C(=O)O)c1[N+](=O)[O-]. The minimum atomic E-state index is -1.08. The number of carboxylic acid groups (broad SMARTS) is 1. The van der Waals surface area contributed by atoms with Crippen LogP contribution in [0.5, 0.6) is 5.88 Å². The Labute approximate surface area is 113 Å². The molecule has 1 aliphatic rings. The van der Waals surface area contributed by atoms with Crippen LogP contribution in [0.25, 0.3) is 0 Å². The van der Waals surface area contributed by atoms with Crippen LogP contribution in [-0.2, 0) is 4.79 Å². The van der Waals surface area contributed by atoms with E-state index in [-0.39, 0.29) is 24.8 Å². The van der Waals surface area contributed by atoms with Crippen molar-refractivity contribution in [1.29, 1.82) is 0 Å². The summed E-state index contributed by atoms with van der Waals surface area (Å²) in [6.45, 7) is 0.976. The number of anilines is 1. The van der Waals surface area contributed by atoms with Crippen molar-refractivity contribution in [3.8, 4) is 5.88 Å². The number of aliphatic carboxylic acids is 1. The van der Waals surface area contributed by atoms with Crippen LogP contribution in [0.15, 0.2) is 6.33 Å². The lowest BCUT2D eigenvalue weighted by molar-refractivity contribution is -0.385. The molecular formula is C10H13N5O5. The molecule has 2 heterocycles. The number of rotatable bonds is 4. The average Bonchev–Trinajstić information content (AvgIpc) is 2.46. The van der Waals surface area contributed by atoms with E-state index in [1.807, 2.05) is 0 Å². The molecule has 2 N–H and O–H groups in total. The zero-order valence-electron chi connectivity index (χ0n) is 10.6. The Kier molecular flexibility index (Phi) is 3.94. The van der Waals surface area contributed by atoms with Crippen LogP contribution >= 0.6 is 0 Å². The number of nitrogens with one attached hydrogen (secondary N) is 1. The van der Waals surface area contributed by atoms with E-state index < -0.39 is 22.6 Å². The van der Waals surface area contributed by atoms with Crippen molar-refractivity contribution in [3.63, 3.8) is 0 Å². The van der Waals surface area contributed by atoms with Gasteiger partial charge >= 0.3 is 11.7 Å². The van der Waals surface area contributed by atoms with Gasteiger partial charge in [0.15, 0.2) is 0 Å². The molecule has 20 heavy (non-hydrogen) atoms. The van der Waals surface area contributed by atoms with Gasteiger partial charge in [-0.15, -0.1) is 0 Å². The number of methoxy groups -OCH3 is 1. The molecule has 10 nitrogen and oxygen atoms in total. The lowest BCUT2D eigenvalue weighted by atomic mass is 10.2. The molecular weight excluding hydrogens is 270 g/mol. The second-order valence-electron chi connectivity index (χ2n) is 4.06. The number of carbonyl (C=O) groups is 1. The van der Waals surface area contributed by atoms with E-state index in [0.29, 0.717) is 6.54 Å². The van der Waals surface area contributed by atoms with E-state index in [1.165, 1.54) is 12.0 Å². The Morgan fingerprint density at radius 2 is 2.40 bits per heavy atom. The summed E-state index contributed by atoms with van der Waals surface area (Å²) in [5.74, 6) is -1.32. The first-order valence-electron chi connectivity index (χ1n) is 5.79. The Morgan fingerprint density at radius 3 is 3.00 bits per heavy atom. The van der Waals surface area contributed by atoms with Crippen LogP contribution in [0, 0.1) is 10.1 Å². The number of aromatic nitrogens is 2. The van der Waals surface area contributed by atoms with Gasteiger partial charge in [0.05, 0.1) is 12.0 Å². The summed E-state index contributed by atoms with van der Waals surface area (Å²) in [4.78, 5) is 30.7. The third-order valence-corrected chi connectivity index (χ3v) is 2.95. The molecule has 1 aliphatic heterocycles. The molecule has 0 radical (unpaired) electrons. The molecule has 0 spiro atoms. The Morgan fingerprint density at radius 1 is 1.65 bits per heavy atom. The molecule has 0 amide bonds. The third kappa shape index (κ3) is 2.45. The first-order valence-corrected chi connectivity index (χ1v) is 5.79. The molecule has 1 fully saturated rings. The second-order valence-corrected chi connectivity index (χ2v) is 4.06. The number of hydrogen-bond donors (Lipinski definition) is 2. The number of hydrogen-bond acceptors (Lipinski definition) is 8. The number of carboxylic acids is 1. The van der Waals surface area contributed by atoms with Gasteiger partial charge in [-0.1, -0.05) is 0 Å². The number of piperazine rings is 1. The third-order valence-electron chi connectivity index (χ3n) is 2.95. The molecule has 1 saturated heterocycles. The summed E-state index contributed by atoms with van der Waals surface area (Å²) >= 11 is 0. The molecule has 0 saturated carbocycles. The van der Waals surface area contributed by atoms with E-state index in [4.69, 9.17) is 4.74 Å². The molecule has 0 aromatic carbocycles. The Balaban J connectivity index is 2.50. The fourth-order valence-corrected chi connectivity index (χ4v) is 2.05. The van der Waals surface area contributed by atoms with Gasteiger partial charge in [0.2, 0.25) is 5.82 Å². The van der Waals surface area contributed by atoms with Crippen molar-refractivity contribution in [2.75, 3.05) is 31.6 Å². The summed E-state index contributed by atoms with van der Waals surface area (Å²) < 4.78 is 4.85. The molecule has 10 heteroatoms. The highest BCUT2D eigenvalue weighted by atomic mass is 16.6. The number of nitro groups is 1. The van der Waals surface area contributed by atoms with Crippen molar-refractivity contribution in [1.82, 2.24) is 15.3 Å². The van der Waals surface area contributed by atoms with Gasteiger partial charge in [-0.05, 0) is 0 Å². The standard InChI is InChI=1S/C10H13N5O5/c1-20-9-7(15(18)19)8(12-5-13-9)14-3-2-11-4-6(14)10(16)17/h5-6,11H,2-4H2,1H3,(H,16,17). The molecule has 0 bridgehead atoms. The molecule has 108 valence electrons. The van der Waals surface area contributed by atoms with Gasteiger partial charge in [0.25, 0.3) is 5.88 Å². The fourth-order valence-electron chi connectivity index (χ4n) is 2.05. The fraction of sp³-hybridized carbons (Fsp3) is 0.500. The number of ether oxygens (including phenoxy) is 1. The highest BCUT2D eigenvalue weighted by Crippen LogP contribution is 2.34. The molecule has 1 aromatic heterocycles. The topological polar surface area (TPSA) is 131 Å². The van der Waals surface area contributed by atoms with Gasteiger partial charge in [-0.25, -0.2) is 9.78 Å². The summed E-state index contributed by atoms with van der Waals surface area (Å²) in [7, 11) is 1.26. The van der Waals surface area contributed by atoms with Gasteiger partial charge < -0.3 is 20.1 Å². The van der Waals surface area contributed by atoms with Crippen LogP contribution in [0.3, 0.4) is 0 Å². The van der Waals surface area contributed by atoms with E-state index >= 15 is 0 Å². The maximum atomic E-state index is 11.2. The maximum Gasteiger partial charge on any atom is 0.372 e. The minimum Gasteiger partial charge on any atom is -0.480 e. The van der Waals surface area contributed by atoms with Crippen LogP contribution in [-0.4, -0.2) is 58.8 Å². The monoisotopic (exact) mass is 283 g/mol. The van der Waals surface area contributed by atoms with Crippen LogP contribution in [0.2, 0.25) is 0 Å². The number of nitrogens with zero attached hydrogens (tertiary/aromatic N) is 4. The molecule has 1 unspecified atom stereocenters. The van der Waals surface area contributed by atoms with Crippen LogP contribution in [0.1, 0.15) is 0 Å². The van der Waals surface area contributed by atoms with Crippen molar-refractivity contribution in [3.05, 3.63) is 16.4 Å². The molecule has 1 aromatic rings. The summed E-state index contributed by atoms with van der Waals surface area (Å²) in [6.07, 6.45) is 1.11. The zero-order chi connectivity index (χ0) is 14.7. The quantitative estimate of drug-likeness (QED) is 0.541. The zero-order valence-corrected chi connectivity index (χ0v) is 10.6. The predicted molar refractivity (Wildman–Crippen MR) is 66.9 cm³/mol. The first kappa shape index (κ1) is 13.9. The van der Waals surface area contributed by atoms with Crippen molar-refractivity contribution in [2.45, 2.75) is 6.04 Å². The van der Waals surface area contributed by atoms with E-state index in [9.17, 15) is 20.0 Å². The summed E-state index contributed by atoms with van der Waals surface area (Å²) in [5.41, 5.74) is -0.428. The van der Waals surface area contributed by atoms with Crippen LogP contribution in [0.4, 0.5) is 11.5 Å². The largest absolute Gasteiger partial charge is 0.480 e.